The summed E-state index contributed by atoms with van der Waals surface area (Å²) in [4.78, 5) is 25.0. The maximum Gasteiger partial charge on any atom is 0.261 e. The molecular weight excluding hydrogens is 520 g/mol. The summed E-state index contributed by atoms with van der Waals surface area (Å²) in [5.74, 6) is 1.73. The van der Waals surface area contributed by atoms with Gasteiger partial charge in [0.1, 0.15) is 37.4 Å². The molecule has 0 saturated heterocycles. The smallest absolute Gasteiger partial charge is 0.261 e. The van der Waals surface area contributed by atoms with E-state index >= 15 is 0 Å². The highest BCUT2D eigenvalue weighted by molar-refractivity contribution is 6.32. The summed E-state index contributed by atoms with van der Waals surface area (Å²) in [6.07, 6.45) is 1.85. The van der Waals surface area contributed by atoms with Crippen LogP contribution in [0.3, 0.4) is 0 Å². The van der Waals surface area contributed by atoms with Gasteiger partial charge in [-0.05, 0) is 55.0 Å². The minimum absolute atomic E-state index is 0.0659. The maximum atomic E-state index is 13.2. The van der Waals surface area contributed by atoms with Crippen molar-refractivity contribution in [1.29, 1.82) is 5.26 Å². The van der Waals surface area contributed by atoms with Crippen molar-refractivity contribution < 1.29 is 23.7 Å². The molecule has 0 amide bonds. The van der Waals surface area contributed by atoms with Gasteiger partial charge in [-0.3, -0.25) is 14.2 Å². The van der Waals surface area contributed by atoms with Crippen molar-refractivity contribution in [3.63, 3.8) is 0 Å². The molecule has 0 saturated carbocycles. The number of rotatable bonds is 8. The molecule has 0 spiro atoms. The Labute approximate surface area is 229 Å². The lowest BCUT2D eigenvalue weighted by molar-refractivity contribution is 0.111. The van der Waals surface area contributed by atoms with Crippen LogP contribution in [0.4, 0.5) is 0 Å². The molecule has 1 aliphatic rings. The van der Waals surface area contributed by atoms with Crippen LogP contribution in [0, 0.1) is 11.3 Å². The molecule has 1 atom stereocenters. The molecule has 3 aromatic carbocycles. The quantitative estimate of drug-likeness (QED) is 0.265. The first-order valence-corrected chi connectivity index (χ1v) is 12.5. The Morgan fingerprint density at radius 3 is 2.67 bits per heavy atom. The van der Waals surface area contributed by atoms with E-state index in [1.165, 1.54) is 16.7 Å². The van der Waals surface area contributed by atoms with Gasteiger partial charge in [0, 0.05) is 18.3 Å². The molecule has 4 aromatic rings. The Kier molecular flexibility index (Phi) is 7.53. The lowest BCUT2D eigenvalue weighted by atomic mass is 10.1. The molecule has 0 radical (unpaired) electrons. The number of nitriles is 1. The molecule has 196 valence electrons. The predicted molar refractivity (Wildman–Crippen MR) is 144 cm³/mol. The molecule has 9 heteroatoms. The first kappa shape index (κ1) is 25.9. The van der Waals surface area contributed by atoms with Gasteiger partial charge in [0.15, 0.2) is 17.8 Å². The van der Waals surface area contributed by atoms with Crippen LogP contribution in [0.25, 0.3) is 5.69 Å². The summed E-state index contributed by atoms with van der Waals surface area (Å²) in [6, 6.07) is 20.8. The Morgan fingerprint density at radius 2 is 1.87 bits per heavy atom. The number of fused-ring (bicyclic) bond motifs is 1. The number of pyridine rings is 1. The molecule has 39 heavy (non-hydrogen) atoms. The number of carbonyl (C=O) groups excluding carboxylic acids is 1. The SMILES string of the molecule is CC(Oc1cc(OCc2cccn(-c3ccc4c(c3)OCCO4)c2=O)c(Cl)cc1C=O)c1cccc(C#N)c1. The van der Waals surface area contributed by atoms with Crippen LogP contribution in [0.15, 0.2) is 77.7 Å². The molecule has 0 aliphatic carbocycles. The highest BCUT2D eigenvalue weighted by atomic mass is 35.5. The van der Waals surface area contributed by atoms with Crippen LogP contribution in [0.2, 0.25) is 5.02 Å². The van der Waals surface area contributed by atoms with Crippen molar-refractivity contribution in [3.05, 3.63) is 111 Å². The molecule has 0 N–H and O–H groups in total. The highest BCUT2D eigenvalue weighted by Crippen LogP contribution is 2.35. The first-order valence-electron chi connectivity index (χ1n) is 12.2. The zero-order valence-electron chi connectivity index (χ0n) is 20.9. The van der Waals surface area contributed by atoms with Crippen molar-refractivity contribution >= 4 is 17.9 Å². The summed E-state index contributed by atoms with van der Waals surface area (Å²) in [5, 5.41) is 9.38. The third-order valence-corrected chi connectivity index (χ3v) is 6.49. The van der Waals surface area contributed by atoms with Crippen molar-refractivity contribution in [2.24, 2.45) is 0 Å². The van der Waals surface area contributed by atoms with E-state index in [1.807, 2.05) is 13.0 Å². The lowest BCUT2D eigenvalue weighted by Crippen LogP contribution is -2.23. The fourth-order valence-electron chi connectivity index (χ4n) is 4.16. The van der Waals surface area contributed by atoms with Crippen molar-refractivity contribution in [3.8, 4) is 34.8 Å². The normalized spacial score (nSPS) is 12.7. The van der Waals surface area contributed by atoms with Gasteiger partial charge in [-0.25, -0.2) is 0 Å². The Bertz CT molecular complexity index is 1640. The predicted octanol–water partition coefficient (Wildman–Crippen LogP) is 5.67. The first-order chi connectivity index (χ1) is 19.0. The standard InChI is InChI=1S/C30H23ClN2O6/c1-19(21-5-2-4-20(12-21)16-32)39-27-15-28(25(31)13-23(27)17-34)38-18-22-6-3-9-33(30(22)35)24-7-8-26-29(14-24)37-11-10-36-26/h2-9,12-15,17,19H,10-11,18H2,1H3. The van der Waals surface area contributed by atoms with E-state index < -0.39 is 6.10 Å². The van der Waals surface area contributed by atoms with E-state index in [4.69, 9.17) is 30.5 Å². The second-order valence-corrected chi connectivity index (χ2v) is 9.17. The molecule has 0 fully saturated rings. The second-order valence-electron chi connectivity index (χ2n) is 8.76. The molecule has 0 bridgehead atoms. The number of nitrogens with zero attached hydrogens (tertiary/aromatic N) is 2. The monoisotopic (exact) mass is 542 g/mol. The van der Waals surface area contributed by atoms with Gasteiger partial charge in [0.25, 0.3) is 5.56 Å². The van der Waals surface area contributed by atoms with E-state index in [2.05, 4.69) is 6.07 Å². The Balaban J connectivity index is 1.37. The summed E-state index contributed by atoms with van der Waals surface area (Å²) in [6.45, 7) is 2.67. The number of benzene rings is 3. The molecule has 5 rings (SSSR count). The zero-order chi connectivity index (χ0) is 27.4. The zero-order valence-corrected chi connectivity index (χ0v) is 21.7. The summed E-state index contributed by atoms with van der Waals surface area (Å²) in [7, 11) is 0. The van der Waals surface area contributed by atoms with E-state index in [0.29, 0.717) is 47.8 Å². The number of aldehydes is 1. The number of aromatic nitrogens is 1. The molecule has 1 unspecified atom stereocenters. The van der Waals surface area contributed by atoms with E-state index in [9.17, 15) is 14.9 Å². The Morgan fingerprint density at radius 1 is 1.05 bits per heavy atom. The number of hydrogen-bond acceptors (Lipinski definition) is 7. The van der Waals surface area contributed by atoms with Crippen LogP contribution in [-0.2, 0) is 6.61 Å². The number of ether oxygens (including phenoxy) is 4. The summed E-state index contributed by atoms with van der Waals surface area (Å²) < 4.78 is 24.7. The average molecular weight is 543 g/mol. The van der Waals surface area contributed by atoms with Crippen LogP contribution < -0.4 is 24.5 Å². The van der Waals surface area contributed by atoms with Gasteiger partial charge in [0.2, 0.25) is 0 Å². The fourth-order valence-corrected chi connectivity index (χ4v) is 4.39. The van der Waals surface area contributed by atoms with Crippen LogP contribution >= 0.6 is 11.6 Å². The summed E-state index contributed by atoms with van der Waals surface area (Å²) >= 11 is 6.39. The largest absolute Gasteiger partial charge is 0.487 e. The molecule has 1 aliphatic heterocycles. The van der Waals surface area contributed by atoms with Crippen LogP contribution in [0.5, 0.6) is 23.0 Å². The minimum Gasteiger partial charge on any atom is -0.487 e. The Hall–Kier alpha value is -4.74. The van der Waals surface area contributed by atoms with Gasteiger partial charge in [-0.2, -0.15) is 5.26 Å². The molecule has 8 nitrogen and oxygen atoms in total. The van der Waals surface area contributed by atoms with E-state index in [1.54, 1.807) is 54.7 Å². The molecule has 2 heterocycles. The minimum atomic E-state index is -0.460. The van der Waals surface area contributed by atoms with Crippen molar-refractivity contribution in [2.75, 3.05) is 13.2 Å². The number of carbonyl (C=O) groups is 1. The van der Waals surface area contributed by atoms with Crippen molar-refractivity contribution in [2.45, 2.75) is 19.6 Å². The van der Waals surface area contributed by atoms with Gasteiger partial charge in [-0.15, -0.1) is 0 Å². The van der Waals surface area contributed by atoms with Gasteiger partial charge >= 0.3 is 0 Å². The second kappa shape index (κ2) is 11.3. The molecular formula is C30H23ClN2O6. The van der Waals surface area contributed by atoms with Crippen LogP contribution in [-0.4, -0.2) is 24.1 Å². The van der Waals surface area contributed by atoms with Gasteiger partial charge in [0.05, 0.1) is 33.5 Å². The lowest BCUT2D eigenvalue weighted by Gasteiger charge is -2.19. The van der Waals surface area contributed by atoms with Crippen molar-refractivity contribution in [1.82, 2.24) is 4.57 Å². The molecule has 1 aromatic heterocycles. The number of hydrogen-bond donors (Lipinski definition) is 0. The van der Waals surface area contributed by atoms with E-state index in [0.717, 1.165) is 5.56 Å². The van der Waals surface area contributed by atoms with Gasteiger partial charge in [-0.1, -0.05) is 23.7 Å². The van der Waals surface area contributed by atoms with E-state index in [-0.39, 0.29) is 34.3 Å². The summed E-state index contributed by atoms with van der Waals surface area (Å²) in [5.41, 5.74) is 2.28. The third kappa shape index (κ3) is 5.59. The number of halogens is 1. The third-order valence-electron chi connectivity index (χ3n) is 6.19. The maximum absolute atomic E-state index is 13.2. The highest BCUT2D eigenvalue weighted by Gasteiger charge is 2.17. The fraction of sp³-hybridized carbons (Fsp3) is 0.167. The van der Waals surface area contributed by atoms with Gasteiger partial charge < -0.3 is 18.9 Å². The van der Waals surface area contributed by atoms with Crippen LogP contribution in [0.1, 0.15) is 40.1 Å². The average Bonchev–Trinajstić information content (AvgIpc) is 2.97. The topological polar surface area (TPSA) is 99.8 Å².